The van der Waals surface area contributed by atoms with E-state index in [-0.39, 0.29) is 31.3 Å². The molecule has 2 rings (SSSR count). The SMILES string of the molecule is C[C@H](NC(=O)NC[C@@H](O)CO[C@H](C)c1ccccc1)c1nncn1C. The maximum absolute atomic E-state index is 11.9. The molecule has 0 fully saturated rings. The van der Waals surface area contributed by atoms with Crippen molar-refractivity contribution >= 4 is 6.03 Å². The number of rotatable bonds is 8. The number of nitrogens with one attached hydrogen (secondary N) is 2. The predicted molar refractivity (Wildman–Crippen MR) is 92.8 cm³/mol. The van der Waals surface area contributed by atoms with Crippen LogP contribution < -0.4 is 10.6 Å². The van der Waals surface area contributed by atoms with Gasteiger partial charge in [0.25, 0.3) is 0 Å². The Hall–Kier alpha value is -2.45. The van der Waals surface area contributed by atoms with Crippen LogP contribution in [0.4, 0.5) is 4.79 Å². The molecule has 25 heavy (non-hydrogen) atoms. The van der Waals surface area contributed by atoms with Crippen LogP contribution in [0.3, 0.4) is 0 Å². The third kappa shape index (κ3) is 5.84. The van der Waals surface area contributed by atoms with Crippen LogP contribution in [0.2, 0.25) is 0 Å². The first-order valence-corrected chi connectivity index (χ1v) is 8.20. The van der Waals surface area contributed by atoms with Gasteiger partial charge in [-0.2, -0.15) is 0 Å². The minimum absolute atomic E-state index is 0.0961. The molecule has 1 heterocycles. The van der Waals surface area contributed by atoms with E-state index in [2.05, 4.69) is 20.8 Å². The monoisotopic (exact) mass is 347 g/mol. The highest BCUT2D eigenvalue weighted by Crippen LogP contribution is 2.15. The number of aromatic nitrogens is 3. The van der Waals surface area contributed by atoms with E-state index in [0.717, 1.165) is 5.56 Å². The first-order valence-electron chi connectivity index (χ1n) is 8.20. The Morgan fingerprint density at radius 2 is 2.04 bits per heavy atom. The van der Waals surface area contributed by atoms with Crippen molar-refractivity contribution in [2.45, 2.75) is 32.1 Å². The molecule has 0 saturated heterocycles. The van der Waals surface area contributed by atoms with Crippen LogP contribution in [0.1, 0.15) is 37.4 Å². The predicted octanol–water partition coefficient (Wildman–Crippen LogP) is 1.31. The van der Waals surface area contributed by atoms with Crippen molar-refractivity contribution in [2.24, 2.45) is 7.05 Å². The summed E-state index contributed by atoms with van der Waals surface area (Å²) in [5.41, 5.74) is 1.04. The molecule has 0 spiro atoms. The first-order chi connectivity index (χ1) is 12.0. The van der Waals surface area contributed by atoms with Gasteiger partial charge in [-0.3, -0.25) is 0 Å². The lowest BCUT2D eigenvalue weighted by Gasteiger charge is -2.18. The van der Waals surface area contributed by atoms with Gasteiger partial charge >= 0.3 is 6.03 Å². The van der Waals surface area contributed by atoms with Crippen molar-refractivity contribution in [3.63, 3.8) is 0 Å². The normalized spacial score (nSPS) is 14.6. The molecule has 136 valence electrons. The second kappa shape index (κ2) is 9.14. The molecule has 1 aromatic heterocycles. The summed E-state index contributed by atoms with van der Waals surface area (Å²) in [7, 11) is 1.81. The Morgan fingerprint density at radius 3 is 2.68 bits per heavy atom. The highest BCUT2D eigenvalue weighted by molar-refractivity contribution is 5.74. The van der Waals surface area contributed by atoms with Gasteiger partial charge in [0.2, 0.25) is 0 Å². The highest BCUT2D eigenvalue weighted by Gasteiger charge is 2.15. The molecular weight excluding hydrogens is 322 g/mol. The van der Waals surface area contributed by atoms with Crippen molar-refractivity contribution in [1.82, 2.24) is 25.4 Å². The van der Waals surface area contributed by atoms with E-state index in [1.54, 1.807) is 17.9 Å². The fraction of sp³-hybridized carbons (Fsp3) is 0.471. The Bertz CT molecular complexity index is 661. The Labute approximate surface area is 147 Å². The quantitative estimate of drug-likeness (QED) is 0.668. The zero-order chi connectivity index (χ0) is 18.2. The molecule has 2 aromatic rings. The number of aliphatic hydroxyl groups is 1. The number of carbonyl (C=O) groups is 1. The van der Waals surface area contributed by atoms with Crippen LogP contribution in [0, 0.1) is 0 Å². The molecular formula is C17H25N5O3. The lowest BCUT2D eigenvalue weighted by Crippen LogP contribution is -2.42. The number of ether oxygens (including phenoxy) is 1. The van der Waals surface area contributed by atoms with Crippen molar-refractivity contribution in [2.75, 3.05) is 13.2 Å². The molecule has 3 N–H and O–H groups in total. The number of urea groups is 1. The Balaban J connectivity index is 1.68. The van der Waals surface area contributed by atoms with Gasteiger partial charge in [0, 0.05) is 13.6 Å². The molecule has 0 saturated carbocycles. The maximum Gasteiger partial charge on any atom is 0.315 e. The molecule has 0 aliphatic carbocycles. The van der Waals surface area contributed by atoms with E-state index in [9.17, 15) is 9.90 Å². The number of nitrogens with zero attached hydrogens (tertiary/aromatic N) is 3. The van der Waals surface area contributed by atoms with Gasteiger partial charge in [-0.25, -0.2) is 4.79 Å². The summed E-state index contributed by atoms with van der Waals surface area (Å²) in [5, 5.41) is 23.0. The Kier molecular flexibility index (Phi) is 6.91. The van der Waals surface area contributed by atoms with Gasteiger partial charge < -0.3 is 25.0 Å². The van der Waals surface area contributed by atoms with E-state index in [4.69, 9.17) is 4.74 Å². The van der Waals surface area contributed by atoms with E-state index in [0.29, 0.717) is 5.82 Å². The number of amides is 2. The fourth-order valence-corrected chi connectivity index (χ4v) is 2.34. The zero-order valence-corrected chi connectivity index (χ0v) is 14.7. The molecule has 0 aliphatic rings. The van der Waals surface area contributed by atoms with Gasteiger partial charge in [0.05, 0.1) is 24.9 Å². The molecule has 1 aromatic carbocycles. The largest absolute Gasteiger partial charge is 0.389 e. The first kappa shape index (κ1) is 18.9. The lowest BCUT2D eigenvalue weighted by atomic mass is 10.1. The highest BCUT2D eigenvalue weighted by atomic mass is 16.5. The average molecular weight is 347 g/mol. The van der Waals surface area contributed by atoms with E-state index >= 15 is 0 Å². The summed E-state index contributed by atoms with van der Waals surface area (Å²) in [6, 6.07) is 9.08. The van der Waals surface area contributed by atoms with Crippen molar-refractivity contribution in [1.29, 1.82) is 0 Å². The minimum Gasteiger partial charge on any atom is -0.389 e. The molecule has 8 nitrogen and oxygen atoms in total. The van der Waals surface area contributed by atoms with Crippen molar-refractivity contribution in [3.8, 4) is 0 Å². The standard InChI is InChI=1S/C17H25N5O3/c1-12(16-21-19-11-22(16)3)20-17(24)18-9-15(23)10-25-13(2)14-7-5-4-6-8-14/h4-8,11-13,15,23H,9-10H2,1-3H3,(H2,18,20,24)/t12-,13+,15+/m0/s1. The molecule has 3 atom stereocenters. The molecule has 2 amide bonds. The van der Waals surface area contributed by atoms with Crippen LogP contribution in [0.5, 0.6) is 0 Å². The average Bonchev–Trinajstić information content (AvgIpc) is 3.04. The topological polar surface area (TPSA) is 101 Å². The van der Waals surface area contributed by atoms with E-state index in [1.807, 2.05) is 44.2 Å². The van der Waals surface area contributed by atoms with Crippen LogP contribution in [-0.4, -0.2) is 45.2 Å². The van der Waals surface area contributed by atoms with Crippen molar-refractivity contribution < 1.29 is 14.6 Å². The third-order valence-corrected chi connectivity index (χ3v) is 3.79. The second-order valence-corrected chi connectivity index (χ2v) is 5.92. The van der Waals surface area contributed by atoms with Gasteiger partial charge in [0.15, 0.2) is 5.82 Å². The third-order valence-electron chi connectivity index (χ3n) is 3.79. The van der Waals surface area contributed by atoms with Crippen LogP contribution in [-0.2, 0) is 11.8 Å². The summed E-state index contributed by atoms with van der Waals surface area (Å²) >= 11 is 0. The summed E-state index contributed by atoms with van der Waals surface area (Å²) < 4.78 is 7.37. The Morgan fingerprint density at radius 1 is 1.32 bits per heavy atom. The number of aryl methyl sites for hydroxylation is 1. The number of aliphatic hydroxyl groups excluding tert-OH is 1. The fourth-order valence-electron chi connectivity index (χ4n) is 2.34. The minimum atomic E-state index is -0.790. The number of hydrogen-bond acceptors (Lipinski definition) is 5. The summed E-state index contributed by atoms with van der Waals surface area (Å²) in [6.07, 6.45) is 0.656. The maximum atomic E-state index is 11.9. The van der Waals surface area contributed by atoms with Crippen LogP contribution in [0.25, 0.3) is 0 Å². The molecule has 0 aliphatic heterocycles. The number of carbonyl (C=O) groups excluding carboxylic acids is 1. The van der Waals surface area contributed by atoms with E-state index < -0.39 is 6.10 Å². The van der Waals surface area contributed by atoms with Crippen LogP contribution >= 0.6 is 0 Å². The molecule has 0 radical (unpaired) electrons. The van der Waals surface area contributed by atoms with Gasteiger partial charge in [-0.1, -0.05) is 30.3 Å². The van der Waals surface area contributed by atoms with Crippen LogP contribution in [0.15, 0.2) is 36.7 Å². The lowest BCUT2D eigenvalue weighted by molar-refractivity contribution is -0.00110. The molecule has 8 heteroatoms. The molecule has 0 bridgehead atoms. The summed E-state index contributed by atoms with van der Waals surface area (Å²) in [5.74, 6) is 0.649. The summed E-state index contributed by atoms with van der Waals surface area (Å²) in [4.78, 5) is 11.9. The summed E-state index contributed by atoms with van der Waals surface area (Å²) in [6.45, 7) is 3.96. The van der Waals surface area contributed by atoms with Gasteiger partial charge in [0.1, 0.15) is 6.33 Å². The molecule has 0 unspecified atom stereocenters. The zero-order valence-electron chi connectivity index (χ0n) is 14.7. The number of hydrogen-bond donors (Lipinski definition) is 3. The van der Waals surface area contributed by atoms with Gasteiger partial charge in [-0.15, -0.1) is 10.2 Å². The second-order valence-electron chi connectivity index (χ2n) is 5.92. The number of benzene rings is 1. The van der Waals surface area contributed by atoms with Crippen molar-refractivity contribution in [3.05, 3.63) is 48.0 Å². The van der Waals surface area contributed by atoms with Gasteiger partial charge in [-0.05, 0) is 19.4 Å². The smallest absolute Gasteiger partial charge is 0.315 e. The van der Waals surface area contributed by atoms with E-state index in [1.165, 1.54) is 0 Å².